The predicted octanol–water partition coefficient (Wildman–Crippen LogP) is -0.165. The highest BCUT2D eigenvalue weighted by molar-refractivity contribution is 7.89. The van der Waals surface area contributed by atoms with Crippen LogP contribution in [0.15, 0.2) is 0 Å². The monoisotopic (exact) mass is 192 g/mol. The average molecular weight is 192 g/mol. The molecule has 12 heavy (non-hydrogen) atoms. The average Bonchev–Trinajstić information content (AvgIpc) is 2.32. The number of hydrogen-bond acceptors (Lipinski definition) is 3. The van der Waals surface area contributed by atoms with Crippen molar-refractivity contribution in [2.75, 3.05) is 25.5 Å². The lowest BCUT2D eigenvalue weighted by atomic mass is 10.3. The first kappa shape index (κ1) is 9.95. The molecule has 1 saturated heterocycles. The molecule has 0 saturated carbocycles. The van der Waals surface area contributed by atoms with Crippen LogP contribution in [0.3, 0.4) is 0 Å². The van der Waals surface area contributed by atoms with Gasteiger partial charge in [-0.25, -0.2) is 8.42 Å². The Bertz CT molecular complexity index is 230. The highest BCUT2D eigenvalue weighted by Gasteiger charge is 2.25. The summed E-state index contributed by atoms with van der Waals surface area (Å²) in [5.74, 6) is 0.463. The molecule has 1 aliphatic heterocycles. The zero-order valence-corrected chi connectivity index (χ0v) is 8.39. The molecule has 1 rings (SSSR count). The van der Waals surface area contributed by atoms with Crippen LogP contribution < -0.4 is 5.32 Å². The van der Waals surface area contributed by atoms with Gasteiger partial charge in [-0.15, -0.1) is 0 Å². The fraction of sp³-hybridized carbons (Fsp3) is 1.00. The summed E-state index contributed by atoms with van der Waals surface area (Å²) in [7, 11) is -2.99. The van der Waals surface area contributed by atoms with E-state index in [0.29, 0.717) is 13.2 Å². The van der Waals surface area contributed by atoms with Crippen LogP contribution in [0.2, 0.25) is 0 Å². The molecule has 0 spiro atoms. The molecule has 4 nitrogen and oxygen atoms in total. The molecule has 1 N–H and O–H groups in total. The second kappa shape index (κ2) is 3.72. The highest BCUT2D eigenvalue weighted by atomic mass is 32.2. The second-order valence-electron chi connectivity index (χ2n) is 3.51. The van der Waals surface area contributed by atoms with Crippen molar-refractivity contribution in [3.05, 3.63) is 0 Å². The Kier molecular flexibility index (Phi) is 3.09. The van der Waals surface area contributed by atoms with Gasteiger partial charge in [0.2, 0.25) is 10.0 Å². The van der Waals surface area contributed by atoms with E-state index >= 15 is 0 Å². The van der Waals surface area contributed by atoms with E-state index in [-0.39, 0.29) is 11.7 Å². The lowest BCUT2D eigenvalue weighted by Crippen LogP contribution is -2.33. The summed E-state index contributed by atoms with van der Waals surface area (Å²) in [6, 6.07) is 0. The number of sulfonamides is 1. The third-order valence-corrected chi connectivity index (χ3v) is 3.95. The standard InChI is InChI=1S/C7H16N2O2S/c1-7(2)5-12(10,11)9-4-3-8-6-9/h7-8H,3-6H2,1-2H3. The Labute approximate surface area is 74.0 Å². The first-order chi connectivity index (χ1) is 5.52. The molecular weight excluding hydrogens is 176 g/mol. The zero-order chi connectivity index (χ0) is 9.19. The quantitative estimate of drug-likeness (QED) is 0.675. The van der Waals surface area contributed by atoms with Crippen LogP contribution in [0, 0.1) is 5.92 Å². The molecule has 0 aromatic rings. The summed E-state index contributed by atoms with van der Waals surface area (Å²) in [6.45, 7) is 5.71. The van der Waals surface area contributed by atoms with Crippen LogP contribution >= 0.6 is 0 Å². The van der Waals surface area contributed by atoms with Gasteiger partial charge in [-0.05, 0) is 5.92 Å². The van der Waals surface area contributed by atoms with Gasteiger partial charge in [0.05, 0.1) is 12.4 Å². The smallest absolute Gasteiger partial charge is 0.215 e. The minimum absolute atomic E-state index is 0.204. The molecule has 0 aromatic heterocycles. The minimum atomic E-state index is -2.99. The summed E-state index contributed by atoms with van der Waals surface area (Å²) >= 11 is 0. The van der Waals surface area contributed by atoms with Crippen LogP contribution in [0.5, 0.6) is 0 Å². The van der Waals surface area contributed by atoms with Crippen molar-refractivity contribution in [1.29, 1.82) is 0 Å². The number of rotatable bonds is 3. The molecule has 0 atom stereocenters. The summed E-state index contributed by atoms with van der Waals surface area (Å²) < 4.78 is 24.6. The molecule has 5 heteroatoms. The van der Waals surface area contributed by atoms with Crippen LogP contribution in [0.4, 0.5) is 0 Å². The molecule has 1 aliphatic rings. The molecule has 0 unspecified atom stereocenters. The summed E-state index contributed by atoms with van der Waals surface area (Å²) in [4.78, 5) is 0. The summed E-state index contributed by atoms with van der Waals surface area (Å²) in [5.41, 5.74) is 0. The van der Waals surface area contributed by atoms with E-state index in [4.69, 9.17) is 0 Å². The number of hydrogen-bond donors (Lipinski definition) is 1. The SMILES string of the molecule is CC(C)CS(=O)(=O)N1CCNC1. The van der Waals surface area contributed by atoms with Crippen LogP contribution in [-0.2, 0) is 10.0 Å². The van der Waals surface area contributed by atoms with Gasteiger partial charge in [0.15, 0.2) is 0 Å². The molecule has 1 heterocycles. The third kappa shape index (κ3) is 2.43. The fourth-order valence-electron chi connectivity index (χ4n) is 1.25. The van der Waals surface area contributed by atoms with Crippen molar-refractivity contribution in [2.45, 2.75) is 13.8 Å². The predicted molar refractivity (Wildman–Crippen MR) is 48.2 cm³/mol. The highest BCUT2D eigenvalue weighted by Crippen LogP contribution is 2.07. The Morgan fingerprint density at radius 3 is 2.58 bits per heavy atom. The first-order valence-electron chi connectivity index (χ1n) is 4.21. The lowest BCUT2D eigenvalue weighted by molar-refractivity contribution is 0.466. The maximum atomic E-state index is 11.5. The van der Waals surface area contributed by atoms with Gasteiger partial charge in [-0.3, -0.25) is 0 Å². The summed E-state index contributed by atoms with van der Waals surface area (Å²) in [5, 5.41) is 3.00. The van der Waals surface area contributed by atoms with E-state index in [0.717, 1.165) is 6.54 Å². The van der Waals surface area contributed by atoms with Crippen LogP contribution in [0.1, 0.15) is 13.8 Å². The van der Waals surface area contributed by atoms with Gasteiger partial charge < -0.3 is 5.32 Å². The van der Waals surface area contributed by atoms with E-state index in [2.05, 4.69) is 5.32 Å². The van der Waals surface area contributed by atoms with Gasteiger partial charge in [0.1, 0.15) is 0 Å². The molecule has 0 aliphatic carbocycles. The van der Waals surface area contributed by atoms with Crippen molar-refractivity contribution >= 4 is 10.0 Å². The molecule has 72 valence electrons. The van der Waals surface area contributed by atoms with Crippen molar-refractivity contribution in [3.63, 3.8) is 0 Å². The molecule has 1 fully saturated rings. The largest absolute Gasteiger partial charge is 0.302 e. The maximum absolute atomic E-state index is 11.5. The molecule has 0 aromatic carbocycles. The van der Waals surface area contributed by atoms with E-state index in [9.17, 15) is 8.42 Å². The van der Waals surface area contributed by atoms with Gasteiger partial charge in [-0.2, -0.15) is 4.31 Å². The van der Waals surface area contributed by atoms with Crippen molar-refractivity contribution < 1.29 is 8.42 Å². The van der Waals surface area contributed by atoms with E-state index < -0.39 is 10.0 Å². The molecular formula is C7H16N2O2S. The normalized spacial score (nSPS) is 20.6. The van der Waals surface area contributed by atoms with Gasteiger partial charge in [-0.1, -0.05) is 13.8 Å². The molecule has 0 bridgehead atoms. The zero-order valence-electron chi connectivity index (χ0n) is 7.58. The van der Waals surface area contributed by atoms with Crippen LogP contribution in [0.25, 0.3) is 0 Å². The Hall–Kier alpha value is -0.130. The topological polar surface area (TPSA) is 49.4 Å². The second-order valence-corrected chi connectivity index (χ2v) is 5.52. The Morgan fingerprint density at radius 1 is 1.50 bits per heavy atom. The Morgan fingerprint density at radius 2 is 2.17 bits per heavy atom. The van der Waals surface area contributed by atoms with Crippen LogP contribution in [-0.4, -0.2) is 38.2 Å². The van der Waals surface area contributed by atoms with Gasteiger partial charge >= 0.3 is 0 Å². The van der Waals surface area contributed by atoms with Crippen molar-refractivity contribution in [3.8, 4) is 0 Å². The first-order valence-corrected chi connectivity index (χ1v) is 5.82. The number of nitrogens with one attached hydrogen (secondary N) is 1. The molecule has 0 radical (unpaired) electrons. The number of nitrogens with zero attached hydrogens (tertiary/aromatic N) is 1. The van der Waals surface area contributed by atoms with Gasteiger partial charge in [0.25, 0.3) is 0 Å². The van der Waals surface area contributed by atoms with E-state index in [1.165, 1.54) is 4.31 Å². The molecule has 0 amide bonds. The third-order valence-electron chi connectivity index (χ3n) is 1.76. The maximum Gasteiger partial charge on any atom is 0.215 e. The Balaban J connectivity index is 2.58. The summed E-state index contributed by atoms with van der Waals surface area (Å²) in [6.07, 6.45) is 0. The minimum Gasteiger partial charge on any atom is -0.302 e. The van der Waals surface area contributed by atoms with Crippen molar-refractivity contribution in [2.24, 2.45) is 5.92 Å². The lowest BCUT2D eigenvalue weighted by Gasteiger charge is -2.15. The van der Waals surface area contributed by atoms with Gasteiger partial charge in [0, 0.05) is 13.1 Å². The van der Waals surface area contributed by atoms with E-state index in [1.54, 1.807) is 0 Å². The van der Waals surface area contributed by atoms with Crippen molar-refractivity contribution in [1.82, 2.24) is 9.62 Å². The fourth-order valence-corrected chi connectivity index (χ4v) is 2.96. The van der Waals surface area contributed by atoms with E-state index in [1.807, 2.05) is 13.8 Å².